The van der Waals surface area contributed by atoms with Crippen molar-refractivity contribution >= 4 is 46.2 Å². The molecule has 0 aliphatic rings. The normalized spacial score (nSPS) is 10.4. The lowest BCUT2D eigenvalue weighted by molar-refractivity contribution is 0.508. The van der Waals surface area contributed by atoms with E-state index in [0.717, 1.165) is 11.3 Å². The summed E-state index contributed by atoms with van der Waals surface area (Å²) in [6.07, 6.45) is 0. The van der Waals surface area contributed by atoms with Crippen LogP contribution in [0.3, 0.4) is 0 Å². The molecule has 1 N–H and O–H groups in total. The number of hydrogen-bond donors (Lipinski definition) is 1. The second kappa shape index (κ2) is 7.32. The second-order valence-electron chi connectivity index (χ2n) is 5.41. The maximum absolute atomic E-state index is 6.04. The van der Waals surface area contributed by atoms with Crippen molar-refractivity contribution in [2.45, 2.75) is 20.4 Å². The highest BCUT2D eigenvalue weighted by Crippen LogP contribution is 2.23. The van der Waals surface area contributed by atoms with E-state index in [-0.39, 0.29) is 0 Å². The van der Waals surface area contributed by atoms with Gasteiger partial charge in [0.2, 0.25) is 0 Å². The standard InChI is InChI=1S/C17H18Cl2N2S/c1-11-6-12(2)8-14(7-11)20-17(22)21(3)10-13-4-5-15(18)16(19)9-13/h4-9H,10H2,1-3H3,(H,20,22). The lowest BCUT2D eigenvalue weighted by atomic mass is 10.1. The number of hydrogen-bond acceptors (Lipinski definition) is 1. The monoisotopic (exact) mass is 352 g/mol. The van der Waals surface area contributed by atoms with E-state index in [1.54, 1.807) is 6.07 Å². The SMILES string of the molecule is Cc1cc(C)cc(NC(=S)N(C)Cc2ccc(Cl)c(Cl)c2)c1. The molecule has 5 heteroatoms. The van der Waals surface area contributed by atoms with Gasteiger partial charge in [0.05, 0.1) is 10.0 Å². The highest BCUT2D eigenvalue weighted by Gasteiger charge is 2.08. The maximum Gasteiger partial charge on any atom is 0.173 e. The zero-order valence-electron chi connectivity index (χ0n) is 12.8. The van der Waals surface area contributed by atoms with Gasteiger partial charge in [0, 0.05) is 19.3 Å². The molecule has 0 unspecified atom stereocenters. The molecular formula is C17H18Cl2N2S. The van der Waals surface area contributed by atoms with Crippen molar-refractivity contribution in [3.8, 4) is 0 Å². The molecular weight excluding hydrogens is 335 g/mol. The first-order chi connectivity index (χ1) is 10.3. The Hall–Kier alpha value is -1.29. The number of nitrogens with one attached hydrogen (secondary N) is 1. The summed E-state index contributed by atoms with van der Waals surface area (Å²) in [7, 11) is 1.94. The van der Waals surface area contributed by atoms with Crippen molar-refractivity contribution in [3.63, 3.8) is 0 Å². The first-order valence-electron chi connectivity index (χ1n) is 6.89. The van der Waals surface area contributed by atoms with Crippen LogP contribution in [0.15, 0.2) is 36.4 Å². The molecule has 0 aliphatic heterocycles. The highest BCUT2D eigenvalue weighted by molar-refractivity contribution is 7.80. The largest absolute Gasteiger partial charge is 0.348 e. The van der Waals surface area contributed by atoms with Gasteiger partial charge in [-0.1, -0.05) is 35.3 Å². The number of benzene rings is 2. The molecule has 2 aromatic carbocycles. The summed E-state index contributed by atoms with van der Waals surface area (Å²) < 4.78 is 0. The van der Waals surface area contributed by atoms with Gasteiger partial charge in [-0.25, -0.2) is 0 Å². The lowest BCUT2D eigenvalue weighted by Crippen LogP contribution is -2.30. The number of anilines is 1. The van der Waals surface area contributed by atoms with Gasteiger partial charge in [0.15, 0.2) is 5.11 Å². The summed E-state index contributed by atoms with van der Waals surface area (Å²) in [5.41, 5.74) is 4.47. The fourth-order valence-electron chi connectivity index (χ4n) is 2.25. The van der Waals surface area contributed by atoms with Crippen LogP contribution in [0.25, 0.3) is 0 Å². The minimum absolute atomic E-state index is 0.556. The molecule has 0 saturated heterocycles. The molecule has 0 radical (unpaired) electrons. The quantitative estimate of drug-likeness (QED) is 0.740. The number of halogens is 2. The molecule has 0 aromatic heterocycles. The molecule has 0 fully saturated rings. The molecule has 2 aromatic rings. The Kier molecular flexibility index (Phi) is 5.68. The molecule has 2 rings (SSSR count). The van der Waals surface area contributed by atoms with Gasteiger partial charge in [0.25, 0.3) is 0 Å². The molecule has 0 saturated carbocycles. The maximum atomic E-state index is 6.04. The molecule has 0 atom stereocenters. The molecule has 0 amide bonds. The zero-order valence-corrected chi connectivity index (χ0v) is 15.1. The van der Waals surface area contributed by atoms with Crippen LogP contribution in [-0.4, -0.2) is 17.1 Å². The van der Waals surface area contributed by atoms with Crippen LogP contribution in [0.2, 0.25) is 10.0 Å². The topological polar surface area (TPSA) is 15.3 Å². The Labute approximate surface area is 147 Å². The summed E-state index contributed by atoms with van der Waals surface area (Å²) in [4.78, 5) is 1.96. The van der Waals surface area contributed by atoms with Gasteiger partial charge in [0.1, 0.15) is 0 Å². The van der Waals surface area contributed by atoms with E-state index in [4.69, 9.17) is 35.4 Å². The van der Waals surface area contributed by atoms with Gasteiger partial charge in [-0.05, 0) is 67.0 Å². The van der Waals surface area contributed by atoms with Gasteiger partial charge in [-0.3, -0.25) is 0 Å². The zero-order chi connectivity index (χ0) is 16.3. The van der Waals surface area contributed by atoms with E-state index >= 15 is 0 Å². The van der Waals surface area contributed by atoms with E-state index in [2.05, 4.69) is 37.4 Å². The predicted molar refractivity (Wildman–Crippen MR) is 100 cm³/mol. The number of aryl methyl sites for hydroxylation is 2. The Morgan fingerprint density at radius 1 is 1.05 bits per heavy atom. The Balaban J connectivity index is 2.04. The second-order valence-corrected chi connectivity index (χ2v) is 6.61. The summed E-state index contributed by atoms with van der Waals surface area (Å²) in [6.45, 7) is 4.80. The first-order valence-corrected chi connectivity index (χ1v) is 8.06. The van der Waals surface area contributed by atoms with Crippen LogP contribution < -0.4 is 5.32 Å². The minimum Gasteiger partial charge on any atom is -0.348 e. The van der Waals surface area contributed by atoms with Crippen molar-refractivity contribution in [1.82, 2.24) is 4.90 Å². The van der Waals surface area contributed by atoms with E-state index in [0.29, 0.717) is 21.7 Å². The molecule has 22 heavy (non-hydrogen) atoms. The summed E-state index contributed by atoms with van der Waals surface area (Å²) in [6, 6.07) is 11.9. The third-order valence-corrected chi connectivity index (χ3v) is 4.38. The first kappa shape index (κ1) is 17.1. The van der Waals surface area contributed by atoms with E-state index in [1.807, 2.05) is 24.1 Å². The van der Waals surface area contributed by atoms with Crippen LogP contribution >= 0.6 is 35.4 Å². The van der Waals surface area contributed by atoms with Crippen LogP contribution in [0.1, 0.15) is 16.7 Å². The molecule has 0 spiro atoms. The Bertz CT molecular complexity index is 681. The van der Waals surface area contributed by atoms with Crippen LogP contribution in [0.5, 0.6) is 0 Å². The van der Waals surface area contributed by atoms with Crippen LogP contribution in [0.4, 0.5) is 5.69 Å². The third-order valence-electron chi connectivity index (χ3n) is 3.22. The van der Waals surface area contributed by atoms with E-state index in [1.165, 1.54) is 11.1 Å². The van der Waals surface area contributed by atoms with Gasteiger partial charge in [-0.2, -0.15) is 0 Å². The van der Waals surface area contributed by atoms with E-state index < -0.39 is 0 Å². The van der Waals surface area contributed by atoms with Crippen LogP contribution in [-0.2, 0) is 6.54 Å². The lowest BCUT2D eigenvalue weighted by Gasteiger charge is -2.21. The summed E-state index contributed by atoms with van der Waals surface area (Å²) in [5, 5.41) is 5.05. The van der Waals surface area contributed by atoms with Gasteiger partial charge >= 0.3 is 0 Å². The van der Waals surface area contributed by atoms with Crippen molar-refractivity contribution < 1.29 is 0 Å². The van der Waals surface area contributed by atoms with Gasteiger partial charge < -0.3 is 10.2 Å². The molecule has 116 valence electrons. The summed E-state index contributed by atoms with van der Waals surface area (Å²) in [5.74, 6) is 0. The Morgan fingerprint density at radius 2 is 1.68 bits per heavy atom. The van der Waals surface area contributed by atoms with Crippen molar-refractivity contribution in [3.05, 3.63) is 63.1 Å². The fourth-order valence-corrected chi connectivity index (χ4v) is 2.75. The number of thiocarbonyl (C=S) groups is 1. The smallest absolute Gasteiger partial charge is 0.173 e. The van der Waals surface area contributed by atoms with Gasteiger partial charge in [-0.15, -0.1) is 0 Å². The van der Waals surface area contributed by atoms with Crippen molar-refractivity contribution in [2.24, 2.45) is 0 Å². The number of nitrogens with zero attached hydrogens (tertiary/aromatic N) is 1. The molecule has 0 heterocycles. The van der Waals surface area contributed by atoms with Crippen LogP contribution in [0, 0.1) is 13.8 Å². The average Bonchev–Trinajstić information content (AvgIpc) is 2.41. The number of rotatable bonds is 3. The fraction of sp³-hybridized carbons (Fsp3) is 0.235. The van der Waals surface area contributed by atoms with Crippen molar-refractivity contribution in [2.75, 3.05) is 12.4 Å². The summed E-state index contributed by atoms with van der Waals surface area (Å²) >= 11 is 17.4. The minimum atomic E-state index is 0.556. The predicted octanol–water partition coefficient (Wildman–Crippen LogP) is 5.44. The highest BCUT2D eigenvalue weighted by atomic mass is 35.5. The van der Waals surface area contributed by atoms with Crippen molar-refractivity contribution in [1.29, 1.82) is 0 Å². The van der Waals surface area contributed by atoms with E-state index in [9.17, 15) is 0 Å². The molecule has 2 nitrogen and oxygen atoms in total. The average molecular weight is 353 g/mol. The third kappa shape index (κ3) is 4.60. The molecule has 0 bridgehead atoms. The Morgan fingerprint density at radius 3 is 2.27 bits per heavy atom. The molecule has 0 aliphatic carbocycles.